The summed E-state index contributed by atoms with van der Waals surface area (Å²) in [7, 11) is -4.54. The smallest absolute Gasteiger partial charge is 0.364 e. The Bertz CT molecular complexity index is 1240. The van der Waals surface area contributed by atoms with Crippen LogP contribution in [0.25, 0.3) is 0 Å². The van der Waals surface area contributed by atoms with Crippen molar-refractivity contribution in [3.05, 3.63) is 22.7 Å². The van der Waals surface area contributed by atoms with Gasteiger partial charge in [0, 0.05) is 19.3 Å². The fourth-order valence-corrected chi connectivity index (χ4v) is 5.65. The van der Waals surface area contributed by atoms with Crippen molar-refractivity contribution in [2.75, 3.05) is 32.2 Å². The normalized spacial score (nSPS) is 34.3. The number of nitrogens with zero attached hydrogens (tertiary/aromatic N) is 2. The molecule has 2 aliphatic heterocycles. The number of aliphatic carboxylic acids is 1. The number of carboxylic acids is 1. The zero-order valence-corrected chi connectivity index (χ0v) is 23.0. The summed E-state index contributed by atoms with van der Waals surface area (Å²) in [6, 6.07) is -0.321. The maximum atomic E-state index is 13.3. The molecule has 0 aliphatic carbocycles. The van der Waals surface area contributed by atoms with Gasteiger partial charge in [-0.05, 0) is 6.07 Å². The van der Waals surface area contributed by atoms with Crippen molar-refractivity contribution >= 4 is 25.3 Å². The van der Waals surface area contributed by atoms with E-state index in [1.807, 2.05) is 0 Å². The summed E-state index contributed by atoms with van der Waals surface area (Å²) in [5.74, 6) is -5.90. The number of aromatic nitrogens is 2. The third-order valence-electron chi connectivity index (χ3n) is 6.58. The average molecular weight is 627 g/mol. The zero-order chi connectivity index (χ0) is 31.6. The number of rotatable bonds is 12. The molecule has 21 heteroatoms. The zero-order valence-electron chi connectivity index (χ0n) is 22.1. The first-order valence-electron chi connectivity index (χ1n) is 12.4. The number of hydrogen-bond donors (Lipinski definition) is 10. The van der Waals surface area contributed by atoms with Crippen LogP contribution in [0.2, 0.25) is 0 Å². The van der Waals surface area contributed by atoms with Crippen LogP contribution in [-0.4, -0.2) is 138 Å². The van der Waals surface area contributed by atoms with Gasteiger partial charge in [0.25, 0.3) is 5.79 Å². The average Bonchev–Trinajstić information content (AvgIpc) is 3.20. The van der Waals surface area contributed by atoms with E-state index in [1.54, 1.807) is 0 Å². The Labute approximate surface area is 236 Å². The third kappa shape index (κ3) is 7.30. The summed E-state index contributed by atoms with van der Waals surface area (Å²) in [5.41, 5.74) is 9.79. The number of aliphatic hydroxyl groups is 6. The Balaban J connectivity index is 1.79. The van der Waals surface area contributed by atoms with Gasteiger partial charge in [0.15, 0.2) is 6.23 Å². The molecule has 0 spiro atoms. The number of aliphatic hydroxyl groups excluding tert-OH is 6. The Morgan fingerprint density at radius 2 is 1.98 bits per heavy atom. The van der Waals surface area contributed by atoms with E-state index in [4.69, 9.17) is 30.0 Å². The van der Waals surface area contributed by atoms with Gasteiger partial charge in [-0.1, -0.05) is 0 Å². The minimum atomic E-state index is -4.54. The van der Waals surface area contributed by atoms with Crippen molar-refractivity contribution in [2.24, 2.45) is 5.73 Å². The molecule has 9 unspecified atom stereocenters. The molecule has 3 rings (SSSR count). The molecule has 12 N–H and O–H groups in total. The number of ether oxygens (including phenoxy) is 2. The van der Waals surface area contributed by atoms with Crippen LogP contribution in [0.5, 0.6) is 0 Å². The molecule has 20 nitrogen and oxygen atoms in total. The molecule has 238 valence electrons. The van der Waals surface area contributed by atoms with Crippen molar-refractivity contribution in [1.29, 1.82) is 0 Å². The first-order chi connectivity index (χ1) is 19.6. The van der Waals surface area contributed by atoms with Gasteiger partial charge in [-0.25, -0.2) is 9.59 Å². The van der Waals surface area contributed by atoms with Gasteiger partial charge >= 0.3 is 19.3 Å². The van der Waals surface area contributed by atoms with Gasteiger partial charge in [-0.3, -0.25) is 18.5 Å². The Hall–Kier alpha value is -2.59. The second kappa shape index (κ2) is 13.4. The van der Waals surface area contributed by atoms with Crippen molar-refractivity contribution in [3.63, 3.8) is 0 Å². The monoisotopic (exact) mass is 627 g/mol. The molecule has 0 aromatic carbocycles. The lowest BCUT2D eigenvalue weighted by Gasteiger charge is -2.46. The summed E-state index contributed by atoms with van der Waals surface area (Å²) in [4.78, 5) is 39.8. The van der Waals surface area contributed by atoms with Crippen LogP contribution in [0.1, 0.15) is 12.6 Å². The van der Waals surface area contributed by atoms with Gasteiger partial charge in [-0.15, -0.1) is 0 Å². The molecule has 1 aromatic heterocycles. The number of carboxylic acid groups (broad SMARTS) is 1. The largest absolute Gasteiger partial charge is 0.477 e. The van der Waals surface area contributed by atoms with E-state index in [0.29, 0.717) is 0 Å². The number of carbonyl (C=O) groups excluding carboxylic acids is 1. The van der Waals surface area contributed by atoms with E-state index >= 15 is 0 Å². The molecular weight excluding hydrogens is 593 g/mol. The lowest BCUT2D eigenvalue weighted by atomic mass is 9.88. The van der Waals surface area contributed by atoms with E-state index in [-0.39, 0.29) is 5.82 Å². The number of hydrogen-bond acceptors (Lipinski definition) is 17. The first kappa shape index (κ1) is 33.9. The SMILES string of the molecule is CP(=O)(OCC1OC(n2ccc(N)nc2=O)C(O)C1O)OC1(C(=O)O)CC(O)C(NC(=O)CN)C([C@H](O)[C@H](O)CO)O1. The molecule has 2 saturated heterocycles. The molecule has 3 heterocycles. The fourth-order valence-electron chi connectivity index (χ4n) is 4.45. The van der Waals surface area contributed by atoms with E-state index in [0.717, 1.165) is 17.4 Å². The summed E-state index contributed by atoms with van der Waals surface area (Å²) in [6.07, 6.45) is -13.9. The van der Waals surface area contributed by atoms with E-state index < -0.39 is 112 Å². The fraction of sp³-hybridized carbons (Fsp3) is 0.714. The van der Waals surface area contributed by atoms with Crippen molar-refractivity contribution in [3.8, 4) is 0 Å². The maximum absolute atomic E-state index is 13.3. The highest BCUT2D eigenvalue weighted by atomic mass is 31.2. The highest BCUT2D eigenvalue weighted by molar-refractivity contribution is 7.53. The van der Waals surface area contributed by atoms with Crippen LogP contribution in [0.4, 0.5) is 5.82 Å². The Kier molecular flexibility index (Phi) is 10.8. The van der Waals surface area contributed by atoms with Crippen molar-refractivity contribution in [2.45, 2.75) is 67.2 Å². The number of carbonyl (C=O) groups is 2. The van der Waals surface area contributed by atoms with Crippen molar-refractivity contribution < 1.29 is 68.4 Å². The topological polar surface area (TPSA) is 329 Å². The van der Waals surface area contributed by atoms with Gasteiger partial charge < -0.3 is 66.5 Å². The standard InChI is InChI=1S/C21H34N5O15P/c1-42(37,38-7-10-15(32)16(33)18(39-10)26-3-2-11(23)24-20(26)36)41-21(19(34)35)4-8(28)13(25-12(30)5-22)17(40-21)14(31)9(29)6-27/h2-3,8-10,13-18,27-29,31-33H,4-7,22H2,1H3,(H,25,30)(H,34,35)(H2,23,24,36)/t8?,9-,10?,13?,14-,15?,16?,17?,18?,21?,42?/m1/s1. The van der Waals surface area contributed by atoms with Gasteiger partial charge in [0.2, 0.25) is 5.91 Å². The second-order valence-electron chi connectivity index (χ2n) is 9.70. The molecule has 2 aliphatic rings. The predicted molar refractivity (Wildman–Crippen MR) is 135 cm³/mol. The lowest BCUT2D eigenvalue weighted by Crippen LogP contribution is -2.68. The second-order valence-corrected chi connectivity index (χ2v) is 11.7. The lowest BCUT2D eigenvalue weighted by molar-refractivity contribution is -0.286. The number of nitrogens with one attached hydrogen (secondary N) is 1. The maximum Gasteiger partial charge on any atom is 0.364 e. The Morgan fingerprint density at radius 3 is 2.55 bits per heavy atom. The number of nitrogen functional groups attached to an aromatic ring is 1. The Morgan fingerprint density at radius 1 is 1.31 bits per heavy atom. The number of anilines is 1. The first-order valence-corrected chi connectivity index (χ1v) is 14.4. The highest BCUT2D eigenvalue weighted by Gasteiger charge is 2.58. The van der Waals surface area contributed by atoms with Gasteiger partial charge in [-0.2, -0.15) is 4.98 Å². The van der Waals surface area contributed by atoms with Crippen LogP contribution in [0.15, 0.2) is 17.1 Å². The van der Waals surface area contributed by atoms with Crippen LogP contribution in [0.3, 0.4) is 0 Å². The van der Waals surface area contributed by atoms with E-state index in [2.05, 4.69) is 10.3 Å². The molecule has 1 amide bonds. The molecule has 0 saturated carbocycles. The quantitative estimate of drug-likeness (QED) is 0.0965. The molecule has 1 aromatic rings. The molecule has 42 heavy (non-hydrogen) atoms. The van der Waals surface area contributed by atoms with Gasteiger partial charge in [0.05, 0.1) is 31.9 Å². The molecule has 2 fully saturated rings. The summed E-state index contributed by atoms with van der Waals surface area (Å²) in [5, 5.41) is 73.4. The number of amides is 1. The summed E-state index contributed by atoms with van der Waals surface area (Å²) in [6.45, 7) is -1.56. The van der Waals surface area contributed by atoms with Crippen LogP contribution in [0, 0.1) is 0 Å². The van der Waals surface area contributed by atoms with E-state index in [1.165, 1.54) is 6.07 Å². The summed E-state index contributed by atoms with van der Waals surface area (Å²) < 4.78 is 35.4. The highest BCUT2D eigenvalue weighted by Crippen LogP contribution is 2.51. The minimum Gasteiger partial charge on any atom is -0.477 e. The van der Waals surface area contributed by atoms with Gasteiger partial charge in [0.1, 0.15) is 42.4 Å². The minimum absolute atomic E-state index is 0.107. The third-order valence-corrected chi connectivity index (χ3v) is 7.82. The predicted octanol–water partition coefficient (Wildman–Crippen LogP) is -5.61. The molecule has 0 bridgehead atoms. The summed E-state index contributed by atoms with van der Waals surface area (Å²) >= 11 is 0. The molecule has 11 atom stereocenters. The van der Waals surface area contributed by atoms with Crippen LogP contribution < -0.4 is 22.5 Å². The van der Waals surface area contributed by atoms with Crippen molar-refractivity contribution in [1.82, 2.24) is 14.9 Å². The van der Waals surface area contributed by atoms with Crippen LogP contribution >= 0.6 is 7.60 Å². The molecule has 0 radical (unpaired) electrons. The molecular formula is C21H34N5O15P. The van der Waals surface area contributed by atoms with Crippen LogP contribution in [-0.2, 0) is 32.7 Å². The van der Waals surface area contributed by atoms with E-state index in [9.17, 15) is 54.7 Å². The number of nitrogens with two attached hydrogens (primary N) is 2.